The minimum absolute atomic E-state index is 0.00897. The highest BCUT2D eigenvalue weighted by Gasteiger charge is 2.29. The SMILES string of the molecule is [2H]c1c([2H])c([2H])c(-c2nc3c(o2)-c2cc(N(c4ccccc4)c4ccc5c(c4)oc4ccccc45)cc4cccc-3c24)c([2H])c1[2H]. The lowest BCUT2D eigenvalue weighted by Crippen LogP contribution is -2.09. The van der Waals surface area contributed by atoms with E-state index in [2.05, 4.69) is 59.5 Å². The topological polar surface area (TPSA) is 42.4 Å². The Balaban J connectivity index is 1.25. The van der Waals surface area contributed by atoms with Crippen LogP contribution in [0.2, 0.25) is 0 Å². The number of rotatable bonds is 4. The maximum atomic E-state index is 8.47. The lowest BCUT2D eigenvalue weighted by Gasteiger charge is -2.26. The number of nitrogens with zero attached hydrogens (tertiary/aromatic N) is 2. The third-order valence-electron chi connectivity index (χ3n) is 7.70. The monoisotopic (exact) mass is 531 g/mol. The van der Waals surface area contributed by atoms with Gasteiger partial charge in [0, 0.05) is 56.0 Å². The summed E-state index contributed by atoms with van der Waals surface area (Å²) in [5.41, 5.74) is 6.57. The van der Waals surface area contributed by atoms with E-state index in [0.29, 0.717) is 11.5 Å². The van der Waals surface area contributed by atoms with Crippen molar-refractivity contribution in [1.82, 2.24) is 4.98 Å². The van der Waals surface area contributed by atoms with Crippen LogP contribution in [0.15, 0.2) is 142 Å². The van der Waals surface area contributed by atoms with Gasteiger partial charge < -0.3 is 13.7 Å². The van der Waals surface area contributed by atoms with Crippen molar-refractivity contribution in [3.8, 4) is 34.0 Å². The van der Waals surface area contributed by atoms with Crippen LogP contribution >= 0.6 is 0 Å². The van der Waals surface area contributed by atoms with Crippen molar-refractivity contribution >= 4 is 49.8 Å². The third-order valence-corrected chi connectivity index (χ3v) is 7.70. The van der Waals surface area contributed by atoms with Crippen molar-refractivity contribution in [1.29, 1.82) is 0 Å². The summed E-state index contributed by atoms with van der Waals surface area (Å²) >= 11 is 0. The van der Waals surface area contributed by atoms with Crippen LogP contribution in [0.1, 0.15) is 6.85 Å². The molecule has 0 saturated carbocycles. The maximum Gasteiger partial charge on any atom is 0.227 e. The molecule has 41 heavy (non-hydrogen) atoms. The molecule has 0 radical (unpaired) electrons. The zero-order chi connectivity index (χ0) is 31.3. The lowest BCUT2D eigenvalue weighted by molar-refractivity contribution is 0.590. The molecule has 0 atom stereocenters. The molecule has 0 spiro atoms. The minimum atomic E-state index is -0.459. The normalized spacial score (nSPS) is 13.6. The van der Waals surface area contributed by atoms with E-state index < -0.39 is 18.1 Å². The highest BCUT2D eigenvalue weighted by Crippen LogP contribution is 2.51. The van der Waals surface area contributed by atoms with E-state index in [-0.39, 0.29) is 23.5 Å². The van der Waals surface area contributed by atoms with Gasteiger partial charge in [0.15, 0.2) is 5.76 Å². The summed E-state index contributed by atoms with van der Waals surface area (Å²) in [5.74, 6) is 0.487. The summed E-state index contributed by atoms with van der Waals surface area (Å²) in [6, 6.07) is 32.5. The summed E-state index contributed by atoms with van der Waals surface area (Å²) in [4.78, 5) is 6.89. The van der Waals surface area contributed by atoms with Crippen LogP contribution in [-0.4, -0.2) is 4.98 Å². The fourth-order valence-corrected chi connectivity index (χ4v) is 5.94. The molecule has 0 aliphatic heterocycles. The number of para-hydroxylation sites is 2. The van der Waals surface area contributed by atoms with Gasteiger partial charge in [-0.1, -0.05) is 72.7 Å². The zero-order valence-electron chi connectivity index (χ0n) is 26.5. The molecule has 0 N–H and O–H groups in total. The Hall–Kier alpha value is -5.61. The Morgan fingerprint density at radius 1 is 0.610 bits per heavy atom. The van der Waals surface area contributed by atoms with E-state index in [9.17, 15) is 0 Å². The van der Waals surface area contributed by atoms with Gasteiger partial charge in [-0.3, -0.25) is 0 Å². The Morgan fingerprint density at radius 2 is 1.44 bits per heavy atom. The standard InChI is InChI=1S/C37H22N2O2/c1-3-10-23(11-4-1)37-38-35-30-16-9-12-24-20-27(21-31(34(24)30)36(35)41-37)39(25-13-5-2-6-14-25)26-18-19-29-28-15-7-8-17-32(28)40-33(29)22-26/h1-22H/i1D,3D,4D,10D,11D. The third kappa shape index (κ3) is 3.31. The van der Waals surface area contributed by atoms with Crippen molar-refractivity contribution in [3.05, 3.63) is 133 Å². The average Bonchev–Trinajstić information content (AvgIpc) is 3.76. The molecule has 8 aromatic rings. The van der Waals surface area contributed by atoms with Crippen LogP contribution in [0.4, 0.5) is 17.1 Å². The fourth-order valence-electron chi connectivity index (χ4n) is 5.94. The number of fused-ring (bicyclic) bond motifs is 6. The van der Waals surface area contributed by atoms with Gasteiger partial charge in [-0.05, 0) is 59.9 Å². The molecule has 0 unspecified atom stereocenters. The Bertz CT molecular complexity index is 2530. The van der Waals surface area contributed by atoms with Gasteiger partial charge in [-0.15, -0.1) is 0 Å². The number of oxazole rings is 1. The van der Waals surface area contributed by atoms with Crippen molar-refractivity contribution in [2.24, 2.45) is 0 Å². The van der Waals surface area contributed by atoms with Crippen LogP contribution < -0.4 is 4.90 Å². The van der Waals surface area contributed by atoms with Crippen molar-refractivity contribution in [3.63, 3.8) is 0 Å². The minimum Gasteiger partial charge on any atom is -0.456 e. The zero-order valence-corrected chi connectivity index (χ0v) is 21.5. The molecule has 9 rings (SSSR count). The van der Waals surface area contributed by atoms with Gasteiger partial charge >= 0.3 is 0 Å². The first-order chi connectivity index (χ1) is 22.4. The number of furan rings is 1. The highest BCUT2D eigenvalue weighted by atomic mass is 16.4. The van der Waals surface area contributed by atoms with Gasteiger partial charge in [0.05, 0.1) is 6.85 Å². The predicted molar refractivity (Wildman–Crippen MR) is 166 cm³/mol. The summed E-state index contributed by atoms with van der Waals surface area (Å²) in [6.45, 7) is 0. The van der Waals surface area contributed by atoms with Crippen LogP contribution in [0.3, 0.4) is 0 Å². The van der Waals surface area contributed by atoms with Crippen molar-refractivity contribution in [2.75, 3.05) is 4.90 Å². The maximum absolute atomic E-state index is 8.47. The van der Waals surface area contributed by atoms with Crippen LogP contribution in [-0.2, 0) is 0 Å². The van der Waals surface area contributed by atoms with Crippen LogP contribution in [0.25, 0.3) is 66.7 Å². The van der Waals surface area contributed by atoms with Gasteiger partial charge in [-0.25, -0.2) is 4.98 Å². The number of aromatic nitrogens is 1. The summed E-state index contributed by atoms with van der Waals surface area (Å²) in [7, 11) is 0. The second-order valence-corrected chi connectivity index (χ2v) is 10.0. The molecular weight excluding hydrogens is 504 g/mol. The molecule has 0 bridgehead atoms. The molecule has 0 amide bonds. The fraction of sp³-hybridized carbons (Fsp3) is 0. The van der Waals surface area contributed by atoms with Gasteiger partial charge in [0.25, 0.3) is 0 Å². The van der Waals surface area contributed by atoms with E-state index in [1.807, 2.05) is 48.5 Å². The average molecular weight is 532 g/mol. The van der Waals surface area contributed by atoms with E-state index in [4.69, 9.17) is 20.7 Å². The number of hydrogen-bond donors (Lipinski definition) is 0. The molecule has 0 saturated heterocycles. The first kappa shape index (κ1) is 17.9. The van der Waals surface area contributed by atoms with E-state index >= 15 is 0 Å². The Morgan fingerprint density at radius 3 is 2.34 bits per heavy atom. The molecule has 1 aliphatic carbocycles. The molecule has 2 aromatic heterocycles. The van der Waals surface area contributed by atoms with Gasteiger partial charge in [-0.2, -0.15) is 0 Å². The number of hydrogen-bond acceptors (Lipinski definition) is 4. The van der Waals surface area contributed by atoms with Crippen LogP contribution in [0, 0.1) is 0 Å². The Kier molecular flexibility index (Phi) is 3.68. The van der Waals surface area contributed by atoms with E-state index in [1.165, 1.54) is 0 Å². The largest absolute Gasteiger partial charge is 0.456 e. The van der Waals surface area contributed by atoms with Crippen LogP contribution in [0.5, 0.6) is 0 Å². The first-order valence-electron chi connectivity index (χ1n) is 15.8. The quantitative estimate of drug-likeness (QED) is 0.226. The summed E-state index contributed by atoms with van der Waals surface area (Å²) in [6.07, 6.45) is 0. The summed E-state index contributed by atoms with van der Waals surface area (Å²) in [5, 5.41) is 4.09. The number of anilines is 3. The first-order valence-corrected chi connectivity index (χ1v) is 13.3. The van der Waals surface area contributed by atoms with E-state index in [1.54, 1.807) is 0 Å². The number of benzene rings is 6. The molecular formula is C37H22N2O2. The Labute approximate surface area is 242 Å². The molecule has 4 nitrogen and oxygen atoms in total. The van der Waals surface area contributed by atoms with Gasteiger partial charge in [0.1, 0.15) is 16.9 Å². The smallest absolute Gasteiger partial charge is 0.227 e. The highest BCUT2D eigenvalue weighted by molar-refractivity contribution is 6.15. The van der Waals surface area contributed by atoms with Gasteiger partial charge in [0.2, 0.25) is 5.89 Å². The van der Waals surface area contributed by atoms with Crippen molar-refractivity contribution in [2.45, 2.75) is 0 Å². The lowest BCUT2D eigenvalue weighted by atomic mass is 10.0. The predicted octanol–water partition coefficient (Wildman–Crippen LogP) is 10.5. The molecule has 1 aliphatic rings. The molecule has 0 fully saturated rings. The van der Waals surface area contributed by atoms with E-state index in [0.717, 1.165) is 60.9 Å². The molecule has 2 heterocycles. The molecule has 4 heteroatoms. The molecule has 192 valence electrons. The summed E-state index contributed by atoms with van der Waals surface area (Å²) < 4.78 is 53.8. The second-order valence-electron chi connectivity index (χ2n) is 10.0. The molecule has 6 aromatic carbocycles. The second kappa shape index (κ2) is 8.44. The van der Waals surface area contributed by atoms with Crippen molar-refractivity contribution < 1.29 is 15.7 Å².